The van der Waals surface area contributed by atoms with Gasteiger partial charge in [0.2, 0.25) is 0 Å². The largest absolute Gasteiger partial charge is 0.149 e. The summed E-state index contributed by atoms with van der Waals surface area (Å²) in [4.78, 5) is 1.39. The van der Waals surface area contributed by atoms with Gasteiger partial charge in [0, 0.05) is 15.1 Å². The molecule has 0 unspecified atom stereocenters. The lowest BCUT2D eigenvalue weighted by Gasteiger charge is -1.78. The minimum atomic E-state index is 0.984. The van der Waals surface area contributed by atoms with Crippen LogP contribution in [0, 0.1) is 0 Å². The first-order valence-corrected chi connectivity index (χ1v) is 3.69. The Morgan fingerprint density at radius 2 is 2.57 bits per heavy atom. The summed E-state index contributed by atoms with van der Waals surface area (Å²) >= 11 is 1.77. The van der Waals surface area contributed by atoms with Crippen molar-refractivity contribution in [2.75, 3.05) is 0 Å². The molecule has 0 spiro atoms. The molecule has 0 amide bonds. The van der Waals surface area contributed by atoms with Crippen LogP contribution in [0.2, 0.25) is 0 Å². The Bertz CT molecular complexity index is 123. The van der Waals surface area contributed by atoms with E-state index in [-0.39, 0.29) is 0 Å². The average Bonchev–Trinajstić information content (AvgIpc) is 2.14. The van der Waals surface area contributed by atoms with Crippen LogP contribution in [0.4, 0.5) is 0 Å². The van der Waals surface area contributed by atoms with E-state index in [0.717, 1.165) is 6.04 Å². The molecule has 7 heavy (non-hydrogen) atoms. The maximum atomic E-state index is 3.39. The van der Waals surface area contributed by atoms with E-state index in [0.29, 0.717) is 0 Å². The lowest BCUT2D eigenvalue weighted by molar-refractivity contribution is 1.53. The highest BCUT2D eigenvalue weighted by atomic mass is 32.1. The molecule has 0 saturated heterocycles. The van der Waals surface area contributed by atoms with Crippen molar-refractivity contribution in [3.63, 3.8) is 0 Å². The van der Waals surface area contributed by atoms with Crippen molar-refractivity contribution in [3.05, 3.63) is 22.4 Å². The predicted molar refractivity (Wildman–Crippen MR) is 33.8 cm³/mol. The second-order valence-corrected chi connectivity index (χ2v) is 2.64. The molecule has 1 aromatic rings. The summed E-state index contributed by atoms with van der Waals surface area (Å²) in [5, 5.41) is 2.08. The quantitative estimate of drug-likeness (QED) is 0.498. The number of thiophene rings is 1. The van der Waals surface area contributed by atoms with Crippen LogP contribution in [0.1, 0.15) is 4.88 Å². The Morgan fingerprint density at radius 1 is 1.71 bits per heavy atom. The molecule has 0 aliphatic heterocycles. The normalized spacial score (nSPS) is 9.29. The molecular weight excluding hydrogens is 120 g/mol. The van der Waals surface area contributed by atoms with Crippen molar-refractivity contribution >= 4 is 21.6 Å². The summed E-state index contributed by atoms with van der Waals surface area (Å²) in [6.45, 7) is 0. The molecule has 0 atom stereocenters. The van der Waals surface area contributed by atoms with Crippen molar-refractivity contribution in [1.29, 1.82) is 0 Å². The van der Waals surface area contributed by atoms with E-state index in [2.05, 4.69) is 27.8 Å². The molecule has 0 saturated carbocycles. The molecule has 0 aliphatic rings. The third-order valence-electron chi connectivity index (χ3n) is 0.754. The Hall–Kier alpha value is -0.0831. The van der Waals surface area contributed by atoms with E-state index in [1.165, 1.54) is 4.88 Å². The molecule has 1 heterocycles. The standard InChI is InChI=1S/C5H5SSi/c7-4-5-2-1-3-6-5/h1-3H,4H2. The molecule has 1 rings (SSSR count). The van der Waals surface area contributed by atoms with Gasteiger partial charge in [-0.05, 0) is 17.5 Å². The summed E-state index contributed by atoms with van der Waals surface area (Å²) in [6.07, 6.45) is 0. The summed E-state index contributed by atoms with van der Waals surface area (Å²) in [5.74, 6) is 0. The van der Waals surface area contributed by atoms with Crippen LogP contribution in [0.15, 0.2) is 17.5 Å². The Balaban J connectivity index is 2.76. The second-order valence-electron chi connectivity index (χ2n) is 1.26. The van der Waals surface area contributed by atoms with E-state index in [9.17, 15) is 0 Å². The van der Waals surface area contributed by atoms with E-state index in [1.807, 2.05) is 0 Å². The van der Waals surface area contributed by atoms with E-state index in [4.69, 9.17) is 0 Å². The predicted octanol–water partition coefficient (Wildman–Crippen LogP) is 1.42. The molecule has 0 nitrogen and oxygen atoms in total. The van der Waals surface area contributed by atoms with Gasteiger partial charge in [-0.2, -0.15) is 0 Å². The highest BCUT2D eigenvalue weighted by Gasteiger charge is 1.82. The minimum Gasteiger partial charge on any atom is -0.149 e. The van der Waals surface area contributed by atoms with Gasteiger partial charge in [-0.3, -0.25) is 0 Å². The van der Waals surface area contributed by atoms with Crippen LogP contribution in [-0.2, 0) is 6.04 Å². The third-order valence-corrected chi connectivity index (χ3v) is 2.27. The van der Waals surface area contributed by atoms with Gasteiger partial charge in [-0.15, -0.1) is 11.3 Å². The summed E-state index contributed by atoms with van der Waals surface area (Å²) < 4.78 is 0. The molecule has 3 radical (unpaired) electrons. The third kappa shape index (κ3) is 1.14. The lowest BCUT2D eigenvalue weighted by Crippen LogP contribution is -1.71. The Morgan fingerprint density at radius 3 is 2.86 bits per heavy atom. The van der Waals surface area contributed by atoms with Crippen LogP contribution in [-0.4, -0.2) is 10.2 Å². The van der Waals surface area contributed by atoms with Crippen molar-refractivity contribution in [3.8, 4) is 0 Å². The lowest BCUT2D eigenvalue weighted by atomic mass is 10.5. The summed E-state index contributed by atoms with van der Waals surface area (Å²) in [5.41, 5.74) is 0. The summed E-state index contributed by atoms with van der Waals surface area (Å²) in [6, 6.07) is 5.15. The monoisotopic (exact) mass is 125 g/mol. The van der Waals surface area contributed by atoms with Crippen molar-refractivity contribution in [2.45, 2.75) is 6.04 Å². The Labute approximate surface area is 50.6 Å². The maximum absolute atomic E-state index is 3.39. The first-order chi connectivity index (χ1) is 3.43. The average molecular weight is 125 g/mol. The molecule has 0 bridgehead atoms. The molecule has 2 heteroatoms. The van der Waals surface area contributed by atoms with Crippen molar-refractivity contribution in [2.24, 2.45) is 0 Å². The zero-order chi connectivity index (χ0) is 5.11. The molecule has 35 valence electrons. The fraction of sp³-hybridized carbons (Fsp3) is 0.200. The van der Waals surface area contributed by atoms with Crippen molar-refractivity contribution < 1.29 is 0 Å². The van der Waals surface area contributed by atoms with Crippen LogP contribution in [0.25, 0.3) is 0 Å². The second kappa shape index (κ2) is 2.28. The molecule has 0 aromatic carbocycles. The fourth-order valence-electron chi connectivity index (χ4n) is 0.413. The molecule has 0 fully saturated rings. The first-order valence-electron chi connectivity index (χ1n) is 2.10. The minimum absolute atomic E-state index is 0.984. The van der Waals surface area contributed by atoms with E-state index in [1.54, 1.807) is 11.3 Å². The number of rotatable bonds is 1. The first kappa shape index (κ1) is 5.06. The van der Waals surface area contributed by atoms with Gasteiger partial charge in [-0.1, -0.05) is 6.07 Å². The van der Waals surface area contributed by atoms with E-state index < -0.39 is 0 Å². The van der Waals surface area contributed by atoms with Gasteiger partial charge in [-0.25, -0.2) is 0 Å². The molecule has 1 aromatic heterocycles. The number of hydrogen-bond donors (Lipinski definition) is 0. The molecule has 0 N–H and O–H groups in total. The smallest absolute Gasteiger partial charge is 0.0295 e. The van der Waals surface area contributed by atoms with Gasteiger partial charge in [0.1, 0.15) is 0 Å². The zero-order valence-corrected chi connectivity index (χ0v) is 5.66. The van der Waals surface area contributed by atoms with E-state index >= 15 is 0 Å². The van der Waals surface area contributed by atoms with Crippen LogP contribution in [0.5, 0.6) is 0 Å². The number of hydrogen-bond acceptors (Lipinski definition) is 1. The highest BCUT2D eigenvalue weighted by molar-refractivity contribution is 7.10. The fourth-order valence-corrected chi connectivity index (χ4v) is 1.35. The van der Waals surface area contributed by atoms with Gasteiger partial charge in [0.15, 0.2) is 0 Å². The van der Waals surface area contributed by atoms with Gasteiger partial charge >= 0.3 is 0 Å². The zero-order valence-electron chi connectivity index (χ0n) is 3.85. The topological polar surface area (TPSA) is 0 Å². The van der Waals surface area contributed by atoms with Crippen LogP contribution in [0.3, 0.4) is 0 Å². The van der Waals surface area contributed by atoms with Crippen LogP contribution < -0.4 is 0 Å². The van der Waals surface area contributed by atoms with Gasteiger partial charge in [0.05, 0.1) is 0 Å². The van der Waals surface area contributed by atoms with Gasteiger partial charge < -0.3 is 0 Å². The SMILES string of the molecule is [Si]Cc1cccs1. The van der Waals surface area contributed by atoms with Crippen molar-refractivity contribution in [1.82, 2.24) is 0 Å². The maximum Gasteiger partial charge on any atom is 0.0295 e. The Kier molecular flexibility index (Phi) is 1.65. The molecular formula is C5H5SSi. The highest BCUT2D eigenvalue weighted by Crippen LogP contribution is 2.06. The molecule has 0 aliphatic carbocycles. The van der Waals surface area contributed by atoms with Crippen LogP contribution >= 0.6 is 11.3 Å². The summed E-state index contributed by atoms with van der Waals surface area (Å²) in [7, 11) is 3.39. The van der Waals surface area contributed by atoms with Gasteiger partial charge in [0.25, 0.3) is 0 Å².